The maximum absolute atomic E-state index is 3.72. The molecule has 0 aliphatic rings. The first kappa shape index (κ1) is 18.8. The summed E-state index contributed by atoms with van der Waals surface area (Å²) >= 11 is 0. The van der Waals surface area contributed by atoms with Crippen molar-refractivity contribution in [2.24, 2.45) is 0 Å². The predicted octanol–water partition coefficient (Wildman–Crippen LogP) is 4.37. The van der Waals surface area contributed by atoms with E-state index >= 15 is 0 Å². The van der Waals surface area contributed by atoms with Crippen molar-refractivity contribution in [3.05, 3.63) is 91.0 Å². The molecule has 1 N–H and O–H groups in total. The molecule has 3 rings (SSSR count). The molecule has 0 spiro atoms. The first-order valence-corrected chi connectivity index (χ1v) is 11.5. The zero-order chi connectivity index (χ0) is 18.2. The molecular formula is C24H29NP+. The molecule has 0 aliphatic carbocycles. The van der Waals surface area contributed by atoms with Crippen molar-refractivity contribution in [2.75, 3.05) is 12.7 Å². The smallest absolute Gasteiger partial charge is 0.113 e. The van der Waals surface area contributed by atoms with Gasteiger partial charge in [0.1, 0.15) is 23.2 Å². The maximum Gasteiger partial charge on any atom is 0.113 e. The number of hydrogen-bond acceptors (Lipinski definition) is 1. The molecule has 0 saturated heterocycles. The van der Waals surface area contributed by atoms with E-state index in [4.69, 9.17) is 0 Å². The molecule has 26 heavy (non-hydrogen) atoms. The van der Waals surface area contributed by atoms with Crippen LogP contribution in [0.2, 0.25) is 0 Å². The van der Waals surface area contributed by atoms with Crippen LogP contribution in [-0.2, 0) is 0 Å². The van der Waals surface area contributed by atoms with E-state index in [9.17, 15) is 0 Å². The Balaban J connectivity index is 2.11. The minimum Gasteiger partial charge on any atom is -0.311 e. The summed E-state index contributed by atoms with van der Waals surface area (Å²) in [6, 6.07) is 33.9. The van der Waals surface area contributed by atoms with Gasteiger partial charge in [-0.25, -0.2) is 0 Å². The number of benzene rings is 3. The Bertz CT molecular complexity index is 674. The molecule has 0 amide bonds. The second-order valence-electron chi connectivity index (χ2n) is 6.80. The molecular weight excluding hydrogens is 333 g/mol. The number of rotatable bonds is 8. The van der Waals surface area contributed by atoms with Crippen LogP contribution in [0.5, 0.6) is 0 Å². The van der Waals surface area contributed by atoms with Crippen LogP contribution in [0.3, 0.4) is 0 Å². The van der Waals surface area contributed by atoms with Crippen LogP contribution >= 0.6 is 7.26 Å². The van der Waals surface area contributed by atoms with Gasteiger partial charge in [0.2, 0.25) is 0 Å². The highest BCUT2D eigenvalue weighted by molar-refractivity contribution is 7.95. The van der Waals surface area contributed by atoms with Crippen molar-refractivity contribution in [2.45, 2.75) is 26.3 Å². The highest BCUT2D eigenvalue weighted by atomic mass is 31.2. The van der Waals surface area contributed by atoms with Gasteiger partial charge in [-0.05, 0) is 49.7 Å². The molecule has 0 fully saturated rings. The van der Waals surface area contributed by atoms with E-state index in [-0.39, 0.29) is 0 Å². The minimum atomic E-state index is -1.68. The van der Waals surface area contributed by atoms with Gasteiger partial charge in [0.15, 0.2) is 0 Å². The van der Waals surface area contributed by atoms with E-state index < -0.39 is 7.26 Å². The third-order valence-electron chi connectivity index (χ3n) is 5.14. The van der Waals surface area contributed by atoms with Crippen LogP contribution in [-0.4, -0.2) is 18.7 Å². The molecule has 1 atom stereocenters. The van der Waals surface area contributed by atoms with E-state index in [1.165, 1.54) is 15.9 Å². The zero-order valence-corrected chi connectivity index (χ0v) is 16.7. The maximum atomic E-state index is 3.72. The lowest BCUT2D eigenvalue weighted by molar-refractivity contribution is 0.554. The summed E-state index contributed by atoms with van der Waals surface area (Å²) in [5.74, 6) is 0. The normalized spacial score (nSPS) is 12.7. The van der Waals surface area contributed by atoms with E-state index in [0.717, 1.165) is 19.1 Å². The van der Waals surface area contributed by atoms with E-state index in [0.29, 0.717) is 6.04 Å². The molecule has 0 heterocycles. The van der Waals surface area contributed by atoms with Crippen LogP contribution in [0.15, 0.2) is 91.0 Å². The van der Waals surface area contributed by atoms with Crippen LogP contribution in [0, 0.1) is 0 Å². The highest BCUT2D eigenvalue weighted by Gasteiger charge is 2.44. The van der Waals surface area contributed by atoms with Crippen molar-refractivity contribution in [1.82, 2.24) is 5.32 Å². The monoisotopic (exact) mass is 362 g/mol. The Kier molecular flexibility index (Phi) is 6.61. The zero-order valence-electron chi connectivity index (χ0n) is 15.8. The fraction of sp³-hybridized carbons (Fsp3) is 0.250. The van der Waals surface area contributed by atoms with Gasteiger partial charge >= 0.3 is 0 Å². The van der Waals surface area contributed by atoms with E-state index in [2.05, 4.69) is 110 Å². The topological polar surface area (TPSA) is 12.0 Å². The molecule has 0 aliphatic heterocycles. The summed E-state index contributed by atoms with van der Waals surface area (Å²) in [4.78, 5) is 0. The fourth-order valence-electron chi connectivity index (χ4n) is 3.50. The largest absolute Gasteiger partial charge is 0.311 e. The Morgan fingerprint density at radius 1 is 0.692 bits per heavy atom. The van der Waals surface area contributed by atoms with Crippen molar-refractivity contribution in [3.63, 3.8) is 0 Å². The van der Waals surface area contributed by atoms with Crippen molar-refractivity contribution < 1.29 is 0 Å². The number of hydrogen-bond donors (Lipinski definition) is 1. The van der Waals surface area contributed by atoms with Gasteiger partial charge in [-0.2, -0.15) is 0 Å². The van der Waals surface area contributed by atoms with Crippen molar-refractivity contribution >= 4 is 23.2 Å². The number of nitrogens with one attached hydrogen (secondary N) is 1. The van der Waals surface area contributed by atoms with Crippen molar-refractivity contribution in [3.8, 4) is 0 Å². The Morgan fingerprint density at radius 2 is 1.08 bits per heavy atom. The summed E-state index contributed by atoms with van der Waals surface area (Å²) in [7, 11) is -1.68. The average Bonchev–Trinajstić information content (AvgIpc) is 2.73. The Morgan fingerprint density at radius 3 is 1.42 bits per heavy atom. The molecule has 3 aromatic carbocycles. The molecule has 0 aromatic heterocycles. The van der Waals surface area contributed by atoms with Crippen LogP contribution in [0.1, 0.15) is 20.3 Å². The van der Waals surface area contributed by atoms with Gasteiger partial charge in [0.05, 0.1) is 6.16 Å². The second-order valence-corrected chi connectivity index (χ2v) is 10.4. The predicted molar refractivity (Wildman–Crippen MR) is 118 cm³/mol. The molecule has 0 radical (unpaired) electrons. The lowest BCUT2D eigenvalue weighted by Crippen LogP contribution is -2.38. The summed E-state index contributed by atoms with van der Waals surface area (Å²) in [6.07, 6.45) is 2.29. The van der Waals surface area contributed by atoms with Crippen LogP contribution < -0.4 is 21.2 Å². The first-order chi connectivity index (χ1) is 12.8. The molecule has 0 saturated carbocycles. The van der Waals surface area contributed by atoms with Gasteiger partial charge in [-0.15, -0.1) is 0 Å². The first-order valence-electron chi connectivity index (χ1n) is 9.55. The molecule has 0 bridgehead atoms. The third kappa shape index (κ3) is 4.06. The molecule has 134 valence electrons. The molecule has 2 heteroatoms. The highest BCUT2D eigenvalue weighted by Crippen LogP contribution is 2.54. The quantitative estimate of drug-likeness (QED) is 0.587. The molecule has 3 aromatic rings. The van der Waals surface area contributed by atoms with Crippen LogP contribution in [0.25, 0.3) is 0 Å². The fourth-order valence-corrected chi connectivity index (χ4v) is 7.68. The van der Waals surface area contributed by atoms with Gasteiger partial charge in [0, 0.05) is 12.6 Å². The molecule has 1 nitrogen and oxygen atoms in total. The van der Waals surface area contributed by atoms with Gasteiger partial charge < -0.3 is 5.32 Å². The van der Waals surface area contributed by atoms with E-state index in [1.54, 1.807) is 0 Å². The van der Waals surface area contributed by atoms with E-state index in [1.807, 2.05) is 0 Å². The Labute approximate surface area is 158 Å². The van der Waals surface area contributed by atoms with Crippen molar-refractivity contribution in [1.29, 1.82) is 0 Å². The Hall–Kier alpha value is -1.95. The molecule has 1 unspecified atom stereocenters. The van der Waals surface area contributed by atoms with Crippen LogP contribution in [0.4, 0.5) is 0 Å². The summed E-state index contributed by atoms with van der Waals surface area (Å²) in [5, 5.41) is 8.11. The minimum absolute atomic E-state index is 0.555. The summed E-state index contributed by atoms with van der Waals surface area (Å²) in [6.45, 7) is 5.54. The second kappa shape index (κ2) is 9.12. The third-order valence-corrected chi connectivity index (χ3v) is 9.58. The SMILES string of the molecule is CCC(C)NCC[P+](c1ccccc1)(c1ccccc1)c1ccccc1. The summed E-state index contributed by atoms with van der Waals surface area (Å²) < 4.78 is 0. The lowest BCUT2D eigenvalue weighted by Gasteiger charge is -2.28. The lowest BCUT2D eigenvalue weighted by atomic mass is 10.3. The van der Waals surface area contributed by atoms with Gasteiger partial charge in [0.25, 0.3) is 0 Å². The standard InChI is InChI=1S/C24H29NP/c1-3-21(2)25-19-20-26(22-13-7-4-8-14-22,23-15-9-5-10-16-23)24-17-11-6-12-18-24/h4-18,21,25H,3,19-20H2,1-2H3/q+1. The van der Waals surface area contributed by atoms with Gasteiger partial charge in [-0.3, -0.25) is 0 Å². The van der Waals surface area contributed by atoms with Gasteiger partial charge in [-0.1, -0.05) is 61.5 Å². The average molecular weight is 362 g/mol. The summed E-state index contributed by atoms with van der Waals surface area (Å²) in [5.41, 5.74) is 0.